The molecule has 0 spiro atoms. The Kier molecular flexibility index (Phi) is 8.71. The fourth-order valence-electron chi connectivity index (χ4n) is 6.45. The number of amides is 1. The zero-order chi connectivity index (χ0) is 28.0. The standard InChI is InChI=1S/C33H38ClN5O2/c34-29-21-36-32(38-31(29)28-20-35-30-12-5-4-11-27(28)30)37-26-10-6-9-24(19-26)14-13-23-15-17-39(18-16-23)33(40)41-22-25-7-2-1-3-8-25/h1-5,7-8,11-12,20-21,23-24,26,35H,6,9-10,13-19,22H2,(H,36,37,38)/t24-,26-/m0/s1. The monoisotopic (exact) mass is 571 g/mol. The van der Waals surface area contributed by atoms with Crippen molar-refractivity contribution in [1.82, 2.24) is 19.9 Å². The van der Waals surface area contributed by atoms with Crippen LogP contribution in [0.15, 0.2) is 67.0 Å². The van der Waals surface area contributed by atoms with Crippen LogP contribution >= 0.6 is 11.6 Å². The van der Waals surface area contributed by atoms with Gasteiger partial charge in [0.15, 0.2) is 0 Å². The van der Waals surface area contributed by atoms with Gasteiger partial charge < -0.3 is 19.9 Å². The minimum absolute atomic E-state index is 0.189. The largest absolute Gasteiger partial charge is 0.445 e. The van der Waals surface area contributed by atoms with Crippen molar-refractivity contribution in [1.29, 1.82) is 0 Å². The third kappa shape index (κ3) is 6.84. The number of rotatable bonds is 8. The molecule has 1 aliphatic carbocycles. The Bertz CT molecular complexity index is 1450. The van der Waals surface area contributed by atoms with Gasteiger partial charge in [0.05, 0.1) is 16.9 Å². The molecule has 0 bridgehead atoms. The predicted molar refractivity (Wildman–Crippen MR) is 164 cm³/mol. The SMILES string of the molecule is O=C(OCc1ccccc1)N1CCC(CC[C@@H]2CCC[C@H](Nc3ncc(Cl)c(-c4c[nH]c5ccccc45)n3)C2)CC1. The molecule has 1 aliphatic heterocycles. The van der Waals surface area contributed by atoms with Gasteiger partial charge in [0, 0.05) is 41.8 Å². The number of nitrogens with zero attached hydrogens (tertiary/aromatic N) is 3. The van der Waals surface area contributed by atoms with E-state index in [1.807, 2.05) is 53.6 Å². The predicted octanol–water partition coefficient (Wildman–Crippen LogP) is 8.08. The normalized spacial score (nSPS) is 19.8. The number of anilines is 1. The quantitative estimate of drug-likeness (QED) is 0.223. The summed E-state index contributed by atoms with van der Waals surface area (Å²) in [6, 6.07) is 18.4. The molecule has 2 aromatic heterocycles. The first-order valence-corrected chi connectivity index (χ1v) is 15.3. The van der Waals surface area contributed by atoms with Crippen molar-refractivity contribution in [3.05, 3.63) is 77.6 Å². The molecule has 1 saturated carbocycles. The molecular weight excluding hydrogens is 534 g/mol. The molecule has 214 valence electrons. The van der Waals surface area contributed by atoms with Gasteiger partial charge in [-0.2, -0.15) is 0 Å². The highest BCUT2D eigenvalue weighted by molar-refractivity contribution is 6.33. The molecule has 2 aromatic carbocycles. The average molecular weight is 572 g/mol. The van der Waals surface area contributed by atoms with E-state index in [-0.39, 0.29) is 6.09 Å². The maximum atomic E-state index is 12.5. The number of aromatic amines is 1. The lowest BCUT2D eigenvalue weighted by Crippen LogP contribution is -2.39. The maximum absolute atomic E-state index is 12.5. The summed E-state index contributed by atoms with van der Waals surface area (Å²) in [4.78, 5) is 27.0. The zero-order valence-electron chi connectivity index (χ0n) is 23.4. The van der Waals surface area contributed by atoms with Crippen molar-refractivity contribution in [3.63, 3.8) is 0 Å². The molecule has 2 fully saturated rings. The van der Waals surface area contributed by atoms with Crippen molar-refractivity contribution >= 4 is 34.5 Å². The summed E-state index contributed by atoms with van der Waals surface area (Å²) in [6.07, 6.45) is 12.8. The number of hydrogen-bond acceptors (Lipinski definition) is 5. The Morgan fingerprint density at radius 3 is 2.63 bits per heavy atom. The topological polar surface area (TPSA) is 83.1 Å². The molecular formula is C33H38ClN5O2. The molecule has 1 saturated heterocycles. The first kappa shape index (κ1) is 27.6. The van der Waals surface area contributed by atoms with E-state index < -0.39 is 0 Å². The van der Waals surface area contributed by atoms with E-state index in [4.69, 9.17) is 21.3 Å². The summed E-state index contributed by atoms with van der Waals surface area (Å²) in [5.74, 6) is 2.03. The summed E-state index contributed by atoms with van der Waals surface area (Å²) < 4.78 is 5.53. The lowest BCUT2D eigenvalue weighted by Gasteiger charge is -2.34. The highest BCUT2D eigenvalue weighted by atomic mass is 35.5. The fourth-order valence-corrected chi connectivity index (χ4v) is 6.64. The second-order valence-corrected chi connectivity index (χ2v) is 12.0. The lowest BCUT2D eigenvalue weighted by molar-refractivity contribution is 0.0805. The summed E-state index contributed by atoms with van der Waals surface area (Å²) in [7, 11) is 0. The van der Waals surface area contributed by atoms with Gasteiger partial charge in [0.2, 0.25) is 5.95 Å². The Labute approximate surface area is 246 Å². The van der Waals surface area contributed by atoms with E-state index in [1.54, 1.807) is 6.20 Å². The third-order valence-corrected chi connectivity index (χ3v) is 9.04. The second-order valence-electron chi connectivity index (χ2n) is 11.6. The maximum Gasteiger partial charge on any atom is 0.410 e. The van der Waals surface area contributed by atoms with Crippen LogP contribution < -0.4 is 5.32 Å². The Morgan fingerprint density at radius 2 is 1.78 bits per heavy atom. The minimum atomic E-state index is -0.189. The van der Waals surface area contributed by atoms with Crippen LogP contribution in [0, 0.1) is 11.8 Å². The molecule has 8 heteroatoms. The first-order chi connectivity index (χ1) is 20.1. The number of hydrogen-bond donors (Lipinski definition) is 2. The van der Waals surface area contributed by atoms with Gasteiger partial charge in [-0.05, 0) is 49.1 Å². The number of likely N-dealkylation sites (tertiary alicyclic amines) is 1. The van der Waals surface area contributed by atoms with Gasteiger partial charge in [-0.25, -0.2) is 14.8 Å². The molecule has 2 atom stereocenters. The van der Waals surface area contributed by atoms with Crippen LogP contribution in [-0.2, 0) is 11.3 Å². The van der Waals surface area contributed by atoms with Crippen molar-refractivity contribution < 1.29 is 9.53 Å². The number of para-hydroxylation sites is 1. The molecule has 1 amide bonds. The number of carbonyl (C=O) groups is 1. The zero-order valence-corrected chi connectivity index (χ0v) is 24.2. The van der Waals surface area contributed by atoms with Gasteiger partial charge in [0.1, 0.15) is 6.61 Å². The number of ether oxygens (including phenoxy) is 1. The summed E-state index contributed by atoms with van der Waals surface area (Å²) >= 11 is 6.54. The van der Waals surface area contributed by atoms with Crippen LogP contribution in [0.5, 0.6) is 0 Å². The van der Waals surface area contributed by atoms with E-state index in [0.717, 1.165) is 66.5 Å². The Morgan fingerprint density at radius 1 is 1.00 bits per heavy atom. The van der Waals surface area contributed by atoms with E-state index in [0.29, 0.717) is 35.5 Å². The van der Waals surface area contributed by atoms with Crippen LogP contribution in [-0.4, -0.2) is 45.1 Å². The number of aromatic nitrogens is 3. The number of H-pyrrole nitrogens is 1. The molecule has 4 aromatic rings. The molecule has 0 unspecified atom stereocenters. The van der Waals surface area contributed by atoms with Gasteiger partial charge in [-0.3, -0.25) is 0 Å². The molecule has 41 heavy (non-hydrogen) atoms. The molecule has 6 rings (SSSR count). The van der Waals surface area contributed by atoms with Crippen LogP contribution in [0.4, 0.5) is 10.7 Å². The number of fused-ring (bicyclic) bond motifs is 1. The van der Waals surface area contributed by atoms with Crippen LogP contribution in [0.2, 0.25) is 5.02 Å². The van der Waals surface area contributed by atoms with E-state index in [1.165, 1.54) is 25.7 Å². The van der Waals surface area contributed by atoms with Crippen molar-refractivity contribution in [3.8, 4) is 11.3 Å². The molecule has 7 nitrogen and oxygen atoms in total. The fraction of sp³-hybridized carbons (Fsp3) is 0.424. The van der Waals surface area contributed by atoms with E-state index in [2.05, 4.69) is 27.4 Å². The second kappa shape index (κ2) is 12.9. The molecule has 0 radical (unpaired) electrons. The lowest BCUT2D eigenvalue weighted by atomic mass is 9.80. The Hall–Kier alpha value is -3.58. The highest BCUT2D eigenvalue weighted by Gasteiger charge is 2.27. The molecule has 2 aliphatic rings. The molecule has 3 heterocycles. The number of nitrogens with one attached hydrogen (secondary N) is 2. The summed E-state index contributed by atoms with van der Waals surface area (Å²) in [6.45, 7) is 1.92. The van der Waals surface area contributed by atoms with Crippen molar-refractivity contribution in [2.45, 2.75) is 64.0 Å². The highest BCUT2D eigenvalue weighted by Crippen LogP contribution is 2.35. The number of piperidine rings is 1. The number of halogens is 1. The summed E-state index contributed by atoms with van der Waals surface area (Å²) in [5.41, 5.74) is 3.83. The van der Waals surface area contributed by atoms with E-state index >= 15 is 0 Å². The first-order valence-electron chi connectivity index (χ1n) is 14.9. The summed E-state index contributed by atoms with van der Waals surface area (Å²) in [5, 5.41) is 5.28. The van der Waals surface area contributed by atoms with Gasteiger partial charge in [0.25, 0.3) is 0 Å². The smallest absolute Gasteiger partial charge is 0.410 e. The van der Waals surface area contributed by atoms with Gasteiger partial charge in [-0.15, -0.1) is 0 Å². The van der Waals surface area contributed by atoms with E-state index in [9.17, 15) is 4.79 Å². The third-order valence-electron chi connectivity index (χ3n) is 8.77. The van der Waals surface area contributed by atoms with Crippen molar-refractivity contribution in [2.75, 3.05) is 18.4 Å². The average Bonchev–Trinajstić information content (AvgIpc) is 3.45. The molecule has 2 N–H and O–H groups in total. The van der Waals surface area contributed by atoms with Gasteiger partial charge in [-0.1, -0.05) is 85.8 Å². The Balaban J connectivity index is 0.968. The number of carbonyl (C=O) groups excluding carboxylic acids is 1. The van der Waals surface area contributed by atoms with Crippen LogP contribution in [0.25, 0.3) is 22.2 Å². The minimum Gasteiger partial charge on any atom is -0.445 e. The van der Waals surface area contributed by atoms with Crippen molar-refractivity contribution in [2.24, 2.45) is 11.8 Å². The number of benzene rings is 2. The van der Waals surface area contributed by atoms with Gasteiger partial charge >= 0.3 is 6.09 Å². The van der Waals surface area contributed by atoms with Crippen LogP contribution in [0.1, 0.15) is 56.9 Å². The van der Waals surface area contributed by atoms with Crippen LogP contribution in [0.3, 0.4) is 0 Å².